The second kappa shape index (κ2) is 5.37. The van der Waals surface area contributed by atoms with Crippen molar-refractivity contribution in [3.05, 3.63) is 56.9 Å². The number of aryl methyl sites for hydroxylation is 1. The maximum atomic E-state index is 5.92. The lowest BCUT2D eigenvalue weighted by Gasteiger charge is -2.39. The predicted octanol–water partition coefficient (Wildman–Crippen LogP) is 4.67. The first-order valence-electron chi connectivity index (χ1n) is 8.33. The fourth-order valence-electron chi connectivity index (χ4n) is 4.23. The number of aromatic amines is 1. The minimum Gasteiger partial charge on any atom is -0.357 e. The van der Waals surface area contributed by atoms with Gasteiger partial charge in [0.2, 0.25) is 0 Å². The van der Waals surface area contributed by atoms with Gasteiger partial charge in [0.15, 0.2) is 0 Å². The molecule has 118 valence electrons. The molecule has 5 rings (SSSR count). The minimum absolute atomic E-state index is 0.515. The average Bonchev–Trinajstić information content (AvgIpc) is 3.13. The van der Waals surface area contributed by atoms with Crippen LogP contribution in [0.5, 0.6) is 0 Å². The highest BCUT2D eigenvalue weighted by atomic mass is 35.5. The Morgan fingerprint density at radius 1 is 1.30 bits per heavy atom. The number of hydrogen-bond donors (Lipinski definition) is 1. The Hall–Kier alpha value is -1.29. The summed E-state index contributed by atoms with van der Waals surface area (Å²) in [7, 11) is 0. The van der Waals surface area contributed by atoms with Gasteiger partial charge in [-0.1, -0.05) is 18.2 Å². The summed E-state index contributed by atoms with van der Waals surface area (Å²) in [5.41, 5.74) is 5.82. The maximum absolute atomic E-state index is 5.92. The van der Waals surface area contributed by atoms with E-state index in [1.165, 1.54) is 33.6 Å². The maximum Gasteiger partial charge on any atom is 0.0553 e. The molecule has 1 N–H and O–H groups in total. The monoisotopic (exact) mass is 342 g/mol. The first kappa shape index (κ1) is 14.1. The Labute approximate surface area is 145 Å². The average molecular weight is 343 g/mol. The van der Waals surface area contributed by atoms with Crippen LogP contribution in [0.4, 0.5) is 0 Å². The zero-order chi connectivity index (χ0) is 15.4. The Balaban J connectivity index is 1.57. The van der Waals surface area contributed by atoms with Crippen LogP contribution in [-0.4, -0.2) is 22.3 Å². The largest absolute Gasteiger partial charge is 0.357 e. The molecule has 2 aromatic heterocycles. The molecule has 2 aliphatic rings. The van der Waals surface area contributed by atoms with Crippen molar-refractivity contribution in [2.45, 2.75) is 31.8 Å². The van der Waals surface area contributed by atoms with Gasteiger partial charge in [0.05, 0.1) is 6.04 Å². The lowest BCUT2D eigenvalue weighted by molar-refractivity contribution is 0.160. The lowest BCUT2D eigenvalue weighted by Crippen LogP contribution is -2.38. The van der Waals surface area contributed by atoms with Crippen molar-refractivity contribution in [1.82, 2.24) is 9.88 Å². The van der Waals surface area contributed by atoms with Crippen LogP contribution in [0.25, 0.3) is 10.9 Å². The summed E-state index contributed by atoms with van der Waals surface area (Å²) < 4.78 is 0. The van der Waals surface area contributed by atoms with E-state index < -0.39 is 0 Å². The summed E-state index contributed by atoms with van der Waals surface area (Å²) in [6.07, 6.45) is 3.30. The van der Waals surface area contributed by atoms with E-state index in [1.807, 2.05) is 11.3 Å². The smallest absolute Gasteiger partial charge is 0.0553 e. The molecule has 0 aliphatic carbocycles. The van der Waals surface area contributed by atoms with E-state index in [-0.39, 0.29) is 0 Å². The third-order valence-electron chi connectivity index (χ3n) is 5.31. The molecule has 0 saturated carbocycles. The van der Waals surface area contributed by atoms with Crippen molar-refractivity contribution >= 4 is 33.8 Å². The van der Waals surface area contributed by atoms with Gasteiger partial charge in [0.25, 0.3) is 0 Å². The second-order valence-corrected chi connectivity index (χ2v) is 8.20. The van der Waals surface area contributed by atoms with Gasteiger partial charge >= 0.3 is 0 Å². The van der Waals surface area contributed by atoms with Crippen LogP contribution in [0.2, 0.25) is 0 Å². The Bertz CT molecular complexity index is 879. The third kappa shape index (κ3) is 2.18. The molecule has 2 nitrogen and oxygen atoms in total. The number of halogens is 1. The zero-order valence-corrected chi connectivity index (χ0v) is 14.5. The topological polar surface area (TPSA) is 19.0 Å². The van der Waals surface area contributed by atoms with Crippen molar-refractivity contribution in [3.63, 3.8) is 0 Å². The summed E-state index contributed by atoms with van der Waals surface area (Å²) in [5.74, 6) is 0.721. The number of alkyl halides is 1. The molecule has 1 unspecified atom stereocenters. The SMILES string of the molecule is ClCCc1cc2c(s1)CC1c3[nH]c4ccccc4c3CCN1C2. The molecule has 1 aromatic carbocycles. The fourth-order valence-corrected chi connectivity index (χ4v) is 5.77. The van der Waals surface area contributed by atoms with Gasteiger partial charge in [-0.2, -0.15) is 0 Å². The summed E-state index contributed by atoms with van der Waals surface area (Å²) in [4.78, 5) is 9.38. The van der Waals surface area contributed by atoms with E-state index in [0.29, 0.717) is 6.04 Å². The van der Waals surface area contributed by atoms with Gasteiger partial charge in [-0.25, -0.2) is 0 Å². The number of H-pyrrole nitrogens is 1. The van der Waals surface area contributed by atoms with Crippen molar-refractivity contribution in [2.75, 3.05) is 12.4 Å². The van der Waals surface area contributed by atoms with Crippen molar-refractivity contribution in [2.24, 2.45) is 0 Å². The van der Waals surface area contributed by atoms with Crippen LogP contribution in [0.1, 0.15) is 32.6 Å². The molecule has 4 heteroatoms. The van der Waals surface area contributed by atoms with E-state index in [9.17, 15) is 0 Å². The van der Waals surface area contributed by atoms with Crippen LogP contribution in [0, 0.1) is 0 Å². The number of nitrogens with zero attached hydrogens (tertiary/aromatic N) is 1. The van der Waals surface area contributed by atoms with Crippen LogP contribution in [0.15, 0.2) is 30.3 Å². The van der Waals surface area contributed by atoms with Gasteiger partial charge in [-0.05, 0) is 36.1 Å². The van der Waals surface area contributed by atoms with Gasteiger partial charge < -0.3 is 4.98 Å². The van der Waals surface area contributed by atoms with Crippen molar-refractivity contribution in [3.8, 4) is 0 Å². The number of hydrogen-bond acceptors (Lipinski definition) is 2. The van der Waals surface area contributed by atoms with Crippen molar-refractivity contribution < 1.29 is 0 Å². The Kier molecular flexibility index (Phi) is 3.29. The standard InChI is InChI=1S/C19H19ClN2S/c20-7-5-13-9-12-11-22-8-6-15-14-3-1-2-4-16(14)21-19(15)17(22)10-18(12)23-13/h1-4,9,17,21H,5-8,10-11H2. The molecular formula is C19H19ClN2S. The normalized spacial score (nSPS) is 20.3. The van der Waals surface area contributed by atoms with Crippen LogP contribution < -0.4 is 0 Å². The second-order valence-electron chi connectivity index (χ2n) is 6.60. The van der Waals surface area contributed by atoms with E-state index >= 15 is 0 Å². The molecule has 0 bridgehead atoms. The summed E-state index contributed by atoms with van der Waals surface area (Å²) in [5, 5.41) is 1.42. The Morgan fingerprint density at radius 2 is 2.22 bits per heavy atom. The van der Waals surface area contributed by atoms with Crippen LogP contribution >= 0.6 is 22.9 Å². The molecule has 0 fully saturated rings. The molecule has 3 aromatic rings. The van der Waals surface area contributed by atoms with E-state index in [4.69, 9.17) is 11.6 Å². The molecular weight excluding hydrogens is 324 g/mol. The summed E-state index contributed by atoms with van der Waals surface area (Å²) in [6, 6.07) is 11.6. The number of para-hydroxylation sites is 1. The highest BCUT2D eigenvalue weighted by molar-refractivity contribution is 7.12. The Morgan fingerprint density at radius 3 is 3.13 bits per heavy atom. The van der Waals surface area contributed by atoms with E-state index in [2.05, 4.69) is 40.2 Å². The number of thiophene rings is 1. The van der Waals surface area contributed by atoms with Crippen LogP contribution in [-0.2, 0) is 25.8 Å². The predicted molar refractivity (Wildman–Crippen MR) is 97.6 cm³/mol. The van der Waals surface area contributed by atoms with E-state index in [0.717, 1.165) is 31.7 Å². The summed E-state index contributed by atoms with van der Waals surface area (Å²) >= 11 is 7.90. The zero-order valence-electron chi connectivity index (χ0n) is 12.9. The molecule has 23 heavy (non-hydrogen) atoms. The van der Waals surface area contributed by atoms with Gasteiger partial charge in [0, 0.05) is 51.7 Å². The molecule has 0 amide bonds. The summed E-state index contributed by atoms with van der Waals surface area (Å²) in [6.45, 7) is 2.26. The van der Waals surface area contributed by atoms with Gasteiger partial charge in [0.1, 0.15) is 0 Å². The van der Waals surface area contributed by atoms with Crippen molar-refractivity contribution in [1.29, 1.82) is 0 Å². The fraction of sp³-hybridized carbons (Fsp3) is 0.368. The molecule has 2 aliphatic heterocycles. The number of aromatic nitrogens is 1. The number of nitrogens with one attached hydrogen (secondary N) is 1. The first-order valence-corrected chi connectivity index (χ1v) is 9.68. The minimum atomic E-state index is 0.515. The first-order chi connectivity index (χ1) is 11.3. The van der Waals surface area contributed by atoms with Gasteiger partial charge in [-0.15, -0.1) is 22.9 Å². The third-order valence-corrected chi connectivity index (χ3v) is 6.76. The highest BCUT2D eigenvalue weighted by Gasteiger charge is 2.34. The molecule has 0 saturated heterocycles. The number of benzene rings is 1. The molecule has 0 radical (unpaired) electrons. The molecule has 1 atom stereocenters. The quantitative estimate of drug-likeness (QED) is 0.671. The molecule has 0 spiro atoms. The lowest BCUT2D eigenvalue weighted by atomic mass is 9.91. The number of rotatable bonds is 2. The molecule has 4 heterocycles. The number of fused-ring (bicyclic) bond motifs is 6. The van der Waals surface area contributed by atoms with Crippen LogP contribution in [0.3, 0.4) is 0 Å². The van der Waals surface area contributed by atoms with Gasteiger partial charge in [-0.3, -0.25) is 4.90 Å². The van der Waals surface area contributed by atoms with E-state index in [1.54, 1.807) is 10.4 Å². The highest BCUT2D eigenvalue weighted by Crippen LogP contribution is 2.42.